The van der Waals surface area contributed by atoms with Crippen LogP contribution in [-0.4, -0.2) is 41.4 Å². The monoisotopic (exact) mass is 317 g/mol. The Kier molecular flexibility index (Phi) is 4.06. The second-order valence-electron chi connectivity index (χ2n) is 5.80. The molecule has 1 saturated heterocycles. The van der Waals surface area contributed by atoms with Crippen LogP contribution in [0.2, 0.25) is 0 Å². The van der Waals surface area contributed by atoms with Gasteiger partial charge in [-0.3, -0.25) is 0 Å². The van der Waals surface area contributed by atoms with E-state index in [0.29, 0.717) is 0 Å². The maximum Gasteiger partial charge on any atom is 0.151 e. The number of nitrogens with zero attached hydrogens (tertiary/aromatic N) is 5. The molecule has 5 heteroatoms. The van der Waals surface area contributed by atoms with Gasteiger partial charge in [-0.2, -0.15) is 0 Å². The van der Waals surface area contributed by atoms with Crippen molar-refractivity contribution in [2.45, 2.75) is 0 Å². The summed E-state index contributed by atoms with van der Waals surface area (Å²) < 4.78 is 0. The lowest BCUT2D eigenvalue weighted by atomic mass is 10.1. The average molecular weight is 317 g/mol. The number of anilines is 2. The summed E-state index contributed by atoms with van der Waals surface area (Å²) in [6.45, 7) is 3.74. The molecule has 0 N–H and O–H groups in total. The van der Waals surface area contributed by atoms with Crippen LogP contribution in [0.15, 0.2) is 66.9 Å². The molecule has 2 aromatic heterocycles. The van der Waals surface area contributed by atoms with Gasteiger partial charge in [0.1, 0.15) is 5.82 Å². The van der Waals surface area contributed by atoms with E-state index in [9.17, 15) is 0 Å². The van der Waals surface area contributed by atoms with Crippen LogP contribution in [0.1, 0.15) is 0 Å². The molecule has 0 saturated carbocycles. The lowest BCUT2D eigenvalue weighted by molar-refractivity contribution is 0.638. The van der Waals surface area contributed by atoms with Gasteiger partial charge in [0.2, 0.25) is 0 Å². The Balaban J connectivity index is 1.43. The number of benzene rings is 1. The number of piperazine rings is 1. The summed E-state index contributed by atoms with van der Waals surface area (Å²) >= 11 is 0. The Labute approximate surface area is 141 Å². The Hall–Kier alpha value is -2.95. The highest BCUT2D eigenvalue weighted by atomic mass is 15.3. The van der Waals surface area contributed by atoms with Crippen LogP contribution in [0.25, 0.3) is 11.3 Å². The first-order valence-corrected chi connectivity index (χ1v) is 8.20. The number of pyridine rings is 1. The molecule has 4 rings (SSSR count). The smallest absolute Gasteiger partial charge is 0.151 e. The van der Waals surface area contributed by atoms with Crippen molar-refractivity contribution in [2.75, 3.05) is 36.0 Å². The molecule has 5 nitrogen and oxygen atoms in total. The summed E-state index contributed by atoms with van der Waals surface area (Å²) in [6, 6.07) is 20.3. The third-order valence-electron chi connectivity index (χ3n) is 4.30. The van der Waals surface area contributed by atoms with Crippen molar-refractivity contribution in [1.82, 2.24) is 15.2 Å². The number of hydrogen-bond donors (Lipinski definition) is 0. The van der Waals surface area contributed by atoms with E-state index in [-0.39, 0.29) is 0 Å². The zero-order chi connectivity index (χ0) is 16.2. The molecule has 1 aliphatic heterocycles. The molecule has 3 heterocycles. The molecule has 1 aromatic carbocycles. The minimum atomic E-state index is 0.909. The summed E-state index contributed by atoms with van der Waals surface area (Å²) in [7, 11) is 0. The molecule has 120 valence electrons. The summed E-state index contributed by atoms with van der Waals surface area (Å²) in [6.07, 6.45) is 1.84. The molecule has 0 atom stereocenters. The average Bonchev–Trinajstić information content (AvgIpc) is 2.70. The Morgan fingerprint density at radius 1 is 0.625 bits per heavy atom. The van der Waals surface area contributed by atoms with E-state index in [1.807, 2.05) is 42.6 Å². The second kappa shape index (κ2) is 6.66. The molecule has 0 aliphatic carbocycles. The van der Waals surface area contributed by atoms with Gasteiger partial charge in [-0.15, -0.1) is 10.2 Å². The predicted molar refractivity (Wildman–Crippen MR) is 96.1 cm³/mol. The Morgan fingerprint density at radius 3 is 1.96 bits per heavy atom. The molecule has 1 aliphatic rings. The molecule has 0 spiro atoms. The molecular formula is C19H19N5. The topological polar surface area (TPSA) is 45.2 Å². The maximum absolute atomic E-state index is 4.42. The van der Waals surface area contributed by atoms with E-state index < -0.39 is 0 Å². The van der Waals surface area contributed by atoms with Gasteiger partial charge >= 0.3 is 0 Å². The van der Waals surface area contributed by atoms with Crippen molar-refractivity contribution < 1.29 is 0 Å². The molecule has 0 bridgehead atoms. The van der Waals surface area contributed by atoms with Crippen LogP contribution >= 0.6 is 0 Å². The van der Waals surface area contributed by atoms with Crippen molar-refractivity contribution in [3.8, 4) is 11.3 Å². The fourth-order valence-electron chi connectivity index (χ4n) is 2.96. The molecular weight excluding hydrogens is 298 g/mol. The first-order chi connectivity index (χ1) is 11.9. The highest BCUT2D eigenvalue weighted by Crippen LogP contribution is 2.20. The van der Waals surface area contributed by atoms with Gasteiger partial charge < -0.3 is 9.80 Å². The summed E-state index contributed by atoms with van der Waals surface area (Å²) in [5.74, 6) is 1.98. The highest BCUT2D eigenvalue weighted by molar-refractivity contribution is 5.59. The fourth-order valence-corrected chi connectivity index (χ4v) is 2.96. The van der Waals surface area contributed by atoms with E-state index in [2.05, 4.69) is 49.2 Å². The third kappa shape index (κ3) is 3.06. The minimum Gasteiger partial charge on any atom is -0.353 e. The number of rotatable bonds is 3. The van der Waals surface area contributed by atoms with E-state index in [1.165, 1.54) is 0 Å². The van der Waals surface area contributed by atoms with E-state index in [4.69, 9.17) is 0 Å². The standard InChI is InChI=1S/C19H19N5/c1-2-6-16(7-3-1)17-9-10-19(22-21-17)24-14-12-23(13-15-24)18-8-4-5-11-20-18/h1-11H,12-15H2. The molecule has 0 amide bonds. The van der Waals surface area contributed by atoms with Crippen molar-refractivity contribution >= 4 is 11.6 Å². The van der Waals surface area contributed by atoms with Crippen LogP contribution < -0.4 is 9.80 Å². The van der Waals surface area contributed by atoms with Gasteiger partial charge in [0.15, 0.2) is 5.82 Å². The van der Waals surface area contributed by atoms with Crippen molar-refractivity contribution in [1.29, 1.82) is 0 Å². The Bertz CT molecular complexity index is 766. The fraction of sp³-hybridized carbons (Fsp3) is 0.211. The van der Waals surface area contributed by atoms with Crippen molar-refractivity contribution in [3.63, 3.8) is 0 Å². The predicted octanol–water partition coefficient (Wildman–Crippen LogP) is 2.87. The summed E-state index contributed by atoms with van der Waals surface area (Å²) in [4.78, 5) is 9.01. The van der Waals surface area contributed by atoms with Crippen molar-refractivity contribution in [2.24, 2.45) is 0 Å². The Morgan fingerprint density at radius 2 is 1.33 bits per heavy atom. The molecule has 1 fully saturated rings. The third-order valence-corrected chi connectivity index (χ3v) is 4.30. The second-order valence-corrected chi connectivity index (χ2v) is 5.80. The number of hydrogen-bond acceptors (Lipinski definition) is 5. The van der Waals surface area contributed by atoms with Crippen LogP contribution in [-0.2, 0) is 0 Å². The lowest BCUT2D eigenvalue weighted by Crippen LogP contribution is -2.47. The van der Waals surface area contributed by atoms with Gasteiger partial charge in [-0.25, -0.2) is 4.98 Å². The zero-order valence-corrected chi connectivity index (χ0v) is 13.4. The van der Waals surface area contributed by atoms with E-state index >= 15 is 0 Å². The van der Waals surface area contributed by atoms with E-state index in [1.54, 1.807) is 0 Å². The van der Waals surface area contributed by atoms with Gasteiger partial charge in [0, 0.05) is 37.9 Å². The van der Waals surface area contributed by atoms with Gasteiger partial charge in [0.25, 0.3) is 0 Å². The summed E-state index contributed by atoms with van der Waals surface area (Å²) in [5, 5.41) is 8.80. The molecule has 24 heavy (non-hydrogen) atoms. The highest BCUT2D eigenvalue weighted by Gasteiger charge is 2.19. The van der Waals surface area contributed by atoms with Crippen LogP contribution in [0.5, 0.6) is 0 Å². The van der Waals surface area contributed by atoms with Gasteiger partial charge in [-0.05, 0) is 24.3 Å². The normalized spacial score (nSPS) is 14.7. The zero-order valence-electron chi connectivity index (χ0n) is 13.4. The minimum absolute atomic E-state index is 0.909. The van der Waals surface area contributed by atoms with E-state index in [0.717, 1.165) is 49.1 Å². The first kappa shape index (κ1) is 14.6. The molecule has 0 radical (unpaired) electrons. The number of aromatic nitrogens is 3. The van der Waals surface area contributed by atoms with Crippen LogP contribution in [0.4, 0.5) is 11.6 Å². The molecule has 0 unspecified atom stereocenters. The van der Waals surface area contributed by atoms with Crippen LogP contribution in [0, 0.1) is 0 Å². The lowest BCUT2D eigenvalue weighted by Gasteiger charge is -2.35. The quantitative estimate of drug-likeness (QED) is 0.743. The SMILES string of the molecule is c1ccc(-c2ccc(N3CCN(c4ccccn4)CC3)nn2)cc1. The largest absolute Gasteiger partial charge is 0.353 e. The van der Waals surface area contributed by atoms with Gasteiger partial charge in [-0.1, -0.05) is 36.4 Å². The maximum atomic E-state index is 4.42. The summed E-state index contributed by atoms with van der Waals surface area (Å²) in [5.41, 5.74) is 2.00. The van der Waals surface area contributed by atoms with Crippen LogP contribution in [0.3, 0.4) is 0 Å². The first-order valence-electron chi connectivity index (χ1n) is 8.20. The van der Waals surface area contributed by atoms with Crippen molar-refractivity contribution in [3.05, 3.63) is 66.9 Å². The van der Waals surface area contributed by atoms with Gasteiger partial charge in [0.05, 0.1) is 5.69 Å². The molecule has 3 aromatic rings.